The topological polar surface area (TPSA) is 88.2 Å². The van der Waals surface area contributed by atoms with Crippen LogP contribution < -0.4 is 10.3 Å². The normalized spacial score (nSPS) is 16.2. The van der Waals surface area contributed by atoms with Crippen LogP contribution in [0.5, 0.6) is 5.75 Å². The maximum absolute atomic E-state index is 12.7. The maximum atomic E-state index is 12.7. The lowest BCUT2D eigenvalue weighted by molar-refractivity contribution is -0.132. The van der Waals surface area contributed by atoms with E-state index in [-0.39, 0.29) is 29.4 Å². The molecule has 0 saturated carbocycles. The minimum absolute atomic E-state index is 0.00906. The fourth-order valence-electron chi connectivity index (χ4n) is 3.83. The largest absolute Gasteiger partial charge is 0.484 e. The molecule has 1 saturated heterocycles. The zero-order valence-electron chi connectivity index (χ0n) is 18.7. The second-order valence-electron chi connectivity index (χ2n) is 9.12. The summed E-state index contributed by atoms with van der Waals surface area (Å²) in [6, 6.07) is 14.8. The number of ether oxygens (including phenoxy) is 1. The van der Waals surface area contributed by atoms with Crippen molar-refractivity contribution in [3.8, 4) is 17.3 Å². The first kappa shape index (κ1) is 21.7. The number of hydrogen-bond acceptors (Lipinski definition) is 5. The minimum atomic E-state index is -0.220. The van der Waals surface area contributed by atoms with E-state index >= 15 is 0 Å². The number of rotatable bonds is 5. The summed E-state index contributed by atoms with van der Waals surface area (Å²) in [6.07, 6.45) is 2.42. The third-order valence-corrected chi connectivity index (χ3v) is 5.71. The van der Waals surface area contributed by atoms with Crippen molar-refractivity contribution in [2.45, 2.75) is 38.5 Å². The van der Waals surface area contributed by atoms with Gasteiger partial charge in [0.25, 0.3) is 11.5 Å². The molecule has 0 aliphatic carbocycles. The molecule has 166 valence electrons. The monoisotopic (exact) mass is 432 g/mol. The van der Waals surface area contributed by atoms with Crippen LogP contribution in [0.2, 0.25) is 0 Å². The van der Waals surface area contributed by atoms with Crippen molar-refractivity contribution in [3.05, 3.63) is 76.3 Å². The molecule has 2 aromatic heterocycles. The number of pyridine rings is 1. The molecule has 1 fully saturated rings. The first-order chi connectivity index (χ1) is 15.3. The van der Waals surface area contributed by atoms with Gasteiger partial charge in [-0.25, -0.2) is 4.98 Å². The van der Waals surface area contributed by atoms with Crippen molar-refractivity contribution in [2.75, 3.05) is 19.7 Å². The molecule has 0 spiro atoms. The second-order valence-corrected chi connectivity index (χ2v) is 9.12. The van der Waals surface area contributed by atoms with Crippen molar-refractivity contribution in [2.24, 2.45) is 0 Å². The highest BCUT2D eigenvalue weighted by Gasteiger charge is 2.29. The third kappa shape index (κ3) is 5.04. The van der Waals surface area contributed by atoms with Gasteiger partial charge in [-0.05, 0) is 41.7 Å². The summed E-state index contributed by atoms with van der Waals surface area (Å²) < 4.78 is 5.71. The summed E-state index contributed by atoms with van der Waals surface area (Å²) in [7, 11) is 0. The fraction of sp³-hybridized carbons (Fsp3) is 0.360. The lowest BCUT2D eigenvalue weighted by atomic mass is 9.87. The molecule has 32 heavy (non-hydrogen) atoms. The number of nitrogens with one attached hydrogen (secondary N) is 1. The highest BCUT2D eigenvalue weighted by Crippen LogP contribution is 2.27. The number of benzene rings is 1. The fourth-order valence-corrected chi connectivity index (χ4v) is 3.83. The average molecular weight is 433 g/mol. The molecule has 7 heteroatoms. The number of carbonyl (C=O) groups is 1. The zero-order valence-corrected chi connectivity index (χ0v) is 18.7. The Balaban J connectivity index is 1.38. The smallest absolute Gasteiger partial charge is 0.260 e. The van der Waals surface area contributed by atoms with E-state index in [1.54, 1.807) is 17.2 Å². The Morgan fingerprint density at radius 1 is 1.19 bits per heavy atom. The van der Waals surface area contributed by atoms with Gasteiger partial charge in [-0.15, -0.1) is 0 Å². The third-order valence-electron chi connectivity index (χ3n) is 5.71. The van der Waals surface area contributed by atoms with E-state index in [9.17, 15) is 9.59 Å². The molecule has 3 heterocycles. The molecule has 0 bridgehead atoms. The number of amides is 1. The molecule has 4 rings (SSSR count). The van der Waals surface area contributed by atoms with Gasteiger partial charge in [-0.2, -0.15) is 0 Å². The van der Waals surface area contributed by atoms with Crippen molar-refractivity contribution >= 4 is 5.91 Å². The van der Waals surface area contributed by atoms with Crippen molar-refractivity contribution < 1.29 is 9.53 Å². The highest BCUT2D eigenvalue weighted by molar-refractivity contribution is 5.78. The molecule has 1 unspecified atom stereocenters. The van der Waals surface area contributed by atoms with Crippen LogP contribution in [0.4, 0.5) is 0 Å². The molecule has 1 aromatic carbocycles. The van der Waals surface area contributed by atoms with Crippen LogP contribution in [0.15, 0.2) is 59.5 Å². The predicted molar refractivity (Wildman–Crippen MR) is 123 cm³/mol. The Morgan fingerprint density at radius 2 is 1.97 bits per heavy atom. The van der Waals surface area contributed by atoms with E-state index in [2.05, 4.69) is 35.7 Å². The van der Waals surface area contributed by atoms with Gasteiger partial charge in [0.05, 0.1) is 5.69 Å². The van der Waals surface area contributed by atoms with Crippen LogP contribution in [0.25, 0.3) is 11.5 Å². The number of hydrogen-bond donors (Lipinski definition) is 1. The first-order valence-electron chi connectivity index (χ1n) is 10.8. The first-order valence-corrected chi connectivity index (χ1v) is 10.8. The second kappa shape index (κ2) is 8.94. The lowest BCUT2D eigenvalue weighted by Crippen LogP contribution is -2.33. The molecule has 1 aliphatic heterocycles. The van der Waals surface area contributed by atoms with Crippen molar-refractivity contribution in [1.82, 2.24) is 19.9 Å². The molecule has 7 nitrogen and oxygen atoms in total. The molecular weight excluding hydrogens is 404 g/mol. The number of likely N-dealkylation sites (tertiary alicyclic amines) is 1. The Bertz CT molecular complexity index is 1130. The molecule has 1 amide bonds. The molecule has 1 aliphatic rings. The standard InChI is InChI=1S/C25H28N4O3/c1-25(2,3)18-7-9-19(10-8-18)32-16-23(31)29-13-11-17(15-29)21-14-22(30)28-24(27-21)20-6-4-5-12-26-20/h4-10,12,14,17H,11,13,15-16H2,1-3H3,(H,27,28,30). The number of nitrogens with zero attached hydrogens (tertiary/aromatic N) is 3. The van der Waals surface area contributed by atoms with Gasteiger partial charge >= 0.3 is 0 Å². The summed E-state index contributed by atoms with van der Waals surface area (Å²) >= 11 is 0. The zero-order chi connectivity index (χ0) is 22.7. The molecule has 3 aromatic rings. The Hall–Kier alpha value is -3.48. The van der Waals surface area contributed by atoms with Gasteiger partial charge in [0, 0.05) is 31.3 Å². The Morgan fingerprint density at radius 3 is 2.66 bits per heavy atom. The van der Waals surface area contributed by atoms with Crippen LogP contribution in [0, 0.1) is 0 Å². The van der Waals surface area contributed by atoms with Crippen LogP contribution >= 0.6 is 0 Å². The van der Waals surface area contributed by atoms with E-state index in [0.717, 1.165) is 6.42 Å². The summed E-state index contributed by atoms with van der Waals surface area (Å²) in [4.78, 5) is 38.2. The van der Waals surface area contributed by atoms with Gasteiger partial charge in [0.1, 0.15) is 11.4 Å². The van der Waals surface area contributed by atoms with Gasteiger partial charge in [0.15, 0.2) is 12.4 Å². The van der Waals surface area contributed by atoms with Gasteiger partial charge in [-0.1, -0.05) is 39.0 Å². The number of aromatic amines is 1. The predicted octanol–water partition coefficient (Wildman–Crippen LogP) is 3.52. The van der Waals surface area contributed by atoms with Crippen LogP contribution in [-0.4, -0.2) is 45.5 Å². The maximum Gasteiger partial charge on any atom is 0.260 e. The Labute approximate surface area is 187 Å². The van der Waals surface area contributed by atoms with Crippen molar-refractivity contribution in [3.63, 3.8) is 0 Å². The van der Waals surface area contributed by atoms with E-state index in [0.29, 0.717) is 36.1 Å². The van der Waals surface area contributed by atoms with E-state index in [4.69, 9.17) is 4.74 Å². The van der Waals surface area contributed by atoms with Crippen LogP contribution in [0.3, 0.4) is 0 Å². The van der Waals surface area contributed by atoms with E-state index in [1.165, 1.54) is 11.6 Å². The van der Waals surface area contributed by atoms with Crippen molar-refractivity contribution in [1.29, 1.82) is 0 Å². The number of H-pyrrole nitrogens is 1. The molecule has 1 atom stereocenters. The van der Waals surface area contributed by atoms with Gasteiger partial charge in [0.2, 0.25) is 0 Å². The minimum Gasteiger partial charge on any atom is -0.484 e. The van der Waals surface area contributed by atoms with Gasteiger partial charge < -0.3 is 14.6 Å². The van der Waals surface area contributed by atoms with Crippen LogP contribution in [0.1, 0.15) is 44.4 Å². The summed E-state index contributed by atoms with van der Waals surface area (Å²) in [5.74, 6) is 1.07. The molecule has 1 N–H and O–H groups in total. The number of carbonyl (C=O) groups excluding carboxylic acids is 1. The molecular formula is C25H28N4O3. The SMILES string of the molecule is CC(C)(C)c1ccc(OCC(=O)N2CCC(c3cc(=O)[nH]c(-c4ccccn4)n3)C2)cc1. The highest BCUT2D eigenvalue weighted by atomic mass is 16.5. The molecule has 0 radical (unpaired) electrons. The lowest BCUT2D eigenvalue weighted by Gasteiger charge is -2.20. The summed E-state index contributed by atoms with van der Waals surface area (Å²) in [5.41, 5.74) is 2.37. The van der Waals surface area contributed by atoms with E-state index < -0.39 is 0 Å². The van der Waals surface area contributed by atoms with Gasteiger partial charge in [-0.3, -0.25) is 14.6 Å². The summed E-state index contributed by atoms with van der Waals surface area (Å²) in [5, 5.41) is 0. The van der Waals surface area contributed by atoms with E-state index in [1.807, 2.05) is 36.4 Å². The Kier molecular flexibility index (Phi) is 6.08. The average Bonchev–Trinajstić information content (AvgIpc) is 3.28. The summed E-state index contributed by atoms with van der Waals surface area (Å²) in [6.45, 7) is 7.59. The quantitative estimate of drug-likeness (QED) is 0.666. The number of aromatic nitrogens is 3. The van der Waals surface area contributed by atoms with Crippen LogP contribution in [-0.2, 0) is 10.2 Å².